The van der Waals surface area contributed by atoms with E-state index in [1.54, 1.807) is 25.4 Å². The molecule has 0 amide bonds. The van der Waals surface area contributed by atoms with Gasteiger partial charge in [-0.05, 0) is 12.1 Å². The fourth-order valence-corrected chi connectivity index (χ4v) is 1.19. The molecule has 0 fully saturated rings. The molecule has 13 heavy (non-hydrogen) atoms. The van der Waals surface area contributed by atoms with E-state index in [0.29, 0.717) is 6.42 Å². The summed E-state index contributed by atoms with van der Waals surface area (Å²) in [5.41, 5.74) is 0.725. The van der Waals surface area contributed by atoms with Crippen molar-refractivity contribution >= 4 is 27.9 Å². The van der Waals surface area contributed by atoms with Crippen LogP contribution in [0.2, 0.25) is 0 Å². The highest BCUT2D eigenvalue weighted by Gasteiger charge is 2.02. The molecular formula is C10H10BrNO. The van der Waals surface area contributed by atoms with E-state index < -0.39 is 0 Å². The molecule has 0 saturated heterocycles. The maximum Gasteiger partial charge on any atom is 0.168 e. The number of ketones is 1. The van der Waals surface area contributed by atoms with Crippen LogP contribution in [0.3, 0.4) is 0 Å². The zero-order valence-corrected chi connectivity index (χ0v) is 8.91. The zero-order chi connectivity index (χ0) is 9.68. The van der Waals surface area contributed by atoms with Crippen LogP contribution >= 0.6 is 15.9 Å². The number of hydrogen-bond acceptors (Lipinski definition) is 2. The summed E-state index contributed by atoms with van der Waals surface area (Å²) in [6.45, 7) is 0. The number of nitrogens with zero attached hydrogens (tertiary/aromatic N) is 1. The third-order valence-electron chi connectivity index (χ3n) is 1.63. The molecule has 1 rings (SSSR count). The fourth-order valence-electron chi connectivity index (χ4n) is 0.928. The Balaban J connectivity index is 2.72. The molecule has 0 aliphatic heterocycles. The summed E-state index contributed by atoms with van der Waals surface area (Å²) in [6, 6.07) is 7.32. The Bertz CT molecular complexity index is 316. The SMILES string of the molecule is CN=CCC(=O)c1ccc(Br)cc1. The lowest BCUT2D eigenvalue weighted by Gasteiger charge is -1.96. The van der Waals surface area contributed by atoms with E-state index in [9.17, 15) is 4.79 Å². The van der Waals surface area contributed by atoms with Crippen molar-refractivity contribution in [2.75, 3.05) is 7.05 Å². The third kappa shape index (κ3) is 3.11. The zero-order valence-electron chi connectivity index (χ0n) is 7.33. The molecule has 3 heteroatoms. The van der Waals surface area contributed by atoms with E-state index in [4.69, 9.17) is 0 Å². The summed E-state index contributed by atoms with van der Waals surface area (Å²) >= 11 is 3.31. The van der Waals surface area contributed by atoms with Crippen LogP contribution in [0.1, 0.15) is 16.8 Å². The number of aliphatic imine (C=N–C) groups is 1. The van der Waals surface area contributed by atoms with Crippen molar-refractivity contribution in [3.8, 4) is 0 Å². The molecule has 0 aliphatic rings. The molecule has 1 aromatic carbocycles. The van der Waals surface area contributed by atoms with E-state index in [1.807, 2.05) is 12.1 Å². The second kappa shape index (κ2) is 4.92. The van der Waals surface area contributed by atoms with Gasteiger partial charge < -0.3 is 4.99 Å². The number of halogens is 1. The second-order valence-electron chi connectivity index (χ2n) is 2.57. The molecule has 0 heterocycles. The lowest BCUT2D eigenvalue weighted by molar-refractivity contribution is 0.100. The normalized spacial score (nSPS) is 10.6. The van der Waals surface area contributed by atoms with Crippen LogP contribution in [0.15, 0.2) is 33.7 Å². The number of carbonyl (C=O) groups is 1. The molecule has 0 N–H and O–H groups in total. The van der Waals surface area contributed by atoms with Gasteiger partial charge in [0.25, 0.3) is 0 Å². The van der Waals surface area contributed by atoms with Crippen molar-refractivity contribution in [3.05, 3.63) is 34.3 Å². The molecule has 68 valence electrons. The summed E-state index contributed by atoms with van der Waals surface area (Å²) in [7, 11) is 1.66. The number of Topliss-reactive ketones (excluding diaryl/α,β-unsaturated/α-hetero) is 1. The lowest BCUT2D eigenvalue weighted by Crippen LogP contribution is -1.98. The molecule has 0 saturated carbocycles. The van der Waals surface area contributed by atoms with Gasteiger partial charge in [0, 0.05) is 29.7 Å². The van der Waals surface area contributed by atoms with E-state index in [2.05, 4.69) is 20.9 Å². The number of carbonyl (C=O) groups excluding carboxylic acids is 1. The van der Waals surface area contributed by atoms with Crippen molar-refractivity contribution in [2.45, 2.75) is 6.42 Å². The molecule has 0 spiro atoms. The Kier molecular flexibility index (Phi) is 3.83. The fraction of sp³-hybridized carbons (Fsp3) is 0.200. The van der Waals surface area contributed by atoms with Crippen LogP contribution in [0.25, 0.3) is 0 Å². The quantitative estimate of drug-likeness (QED) is 0.590. The Morgan fingerprint density at radius 1 is 1.46 bits per heavy atom. The Labute approximate surface area is 85.8 Å². The van der Waals surface area contributed by atoms with Gasteiger partial charge in [-0.25, -0.2) is 0 Å². The van der Waals surface area contributed by atoms with Crippen LogP contribution in [-0.2, 0) is 0 Å². The predicted octanol–water partition coefficient (Wildman–Crippen LogP) is 2.72. The van der Waals surface area contributed by atoms with Gasteiger partial charge >= 0.3 is 0 Å². The van der Waals surface area contributed by atoms with Gasteiger partial charge in [-0.1, -0.05) is 28.1 Å². The molecule has 0 aromatic heterocycles. The van der Waals surface area contributed by atoms with Crippen LogP contribution in [-0.4, -0.2) is 19.0 Å². The van der Waals surface area contributed by atoms with Crippen molar-refractivity contribution in [3.63, 3.8) is 0 Å². The largest absolute Gasteiger partial charge is 0.300 e. The number of rotatable bonds is 3. The molecule has 0 bridgehead atoms. The minimum Gasteiger partial charge on any atom is -0.300 e. The summed E-state index contributed by atoms with van der Waals surface area (Å²) in [4.78, 5) is 15.2. The first-order chi connectivity index (χ1) is 6.24. The Morgan fingerprint density at radius 2 is 2.08 bits per heavy atom. The smallest absolute Gasteiger partial charge is 0.168 e. The number of hydrogen-bond donors (Lipinski definition) is 0. The summed E-state index contributed by atoms with van der Waals surface area (Å²) in [5.74, 6) is 0.0955. The average Bonchev–Trinajstić information content (AvgIpc) is 2.15. The summed E-state index contributed by atoms with van der Waals surface area (Å²) in [5, 5.41) is 0. The van der Waals surface area contributed by atoms with Gasteiger partial charge in [-0.3, -0.25) is 4.79 Å². The van der Waals surface area contributed by atoms with Crippen LogP contribution in [0, 0.1) is 0 Å². The second-order valence-corrected chi connectivity index (χ2v) is 3.49. The minimum atomic E-state index is 0.0955. The standard InChI is InChI=1S/C10H10BrNO/c1-12-7-6-10(13)8-2-4-9(11)5-3-8/h2-5,7H,6H2,1H3. The van der Waals surface area contributed by atoms with Gasteiger partial charge in [-0.2, -0.15) is 0 Å². The van der Waals surface area contributed by atoms with Crippen LogP contribution in [0.4, 0.5) is 0 Å². The monoisotopic (exact) mass is 239 g/mol. The van der Waals surface area contributed by atoms with E-state index >= 15 is 0 Å². The maximum atomic E-state index is 11.4. The van der Waals surface area contributed by atoms with Gasteiger partial charge in [0.05, 0.1) is 0 Å². The first kappa shape index (κ1) is 10.1. The van der Waals surface area contributed by atoms with Gasteiger partial charge in [-0.15, -0.1) is 0 Å². The number of benzene rings is 1. The van der Waals surface area contributed by atoms with Gasteiger partial charge in [0.15, 0.2) is 5.78 Å². The van der Waals surface area contributed by atoms with Crippen molar-refractivity contribution < 1.29 is 4.79 Å². The molecule has 0 aliphatic carbocycles. The molecule has 1 aromatic rings. The predicted molar refractivity (Wildman–Crippen MR) is 57.5 cm³/mol. The van der Waals surface area contributed by atoms with Gasteiger partial charge in [0.2, 0.25) is 0 Å². The summed E-state index contributed by atoms with van der Waals surface area (Å²) < 4.78 is 0.980. The van der Waals surface area contributed by atoms with E-state index in [1.165, 1.54) is 0 Å². The van der Waals surface area contributed by atoms with Crippen molar-refractivity contribution in [2.24, 2.45) is 4.99 Å². The van der Waals surface area contributed by atoms with Gasteiger partial charge in [0.1, 0.15) is 0 Å². The maximum absolute atomic E-state index is 11.4. The molecule has 0 unspecified atom stereocenters. The molecule has 2 nitrogen and oxygen atoms in total. The molecule has 0 radical (unpaired) electrons. The highest BCUT2D eigenvalue weighted by atomic mass is 79.9. The first-order valence-corrected chi connectivity index (χ1v) is 4.72. The van der Waals surface area contributed by atoms with E-state index in [-0.39, 0.29) is 5.78 Å². The topological polar surface area (TPSA) is 29.4 Å². The lowest BCUT2D eigenvalue weighted by atomic mass is 10.1. The molecule has 0 atom stereocenters. The highest BCUT2D eigenvalue weighted by molar-refractivity contribution is 9.10. The van der Waals surface area contributed by atoms with E-state index in [0.717, 1.165) is 10.0 Å². The van der Waals surface area contributed by atoms with Crippen molar-refractivity contribution in [1.82, 2.24) is 0 Å². The van der Waals surface area contributed by atoms with Crippen LogP contribution < -0.4 is 0 Å². The van der Waals surface area contributed by atoms with Crippen molar-refractivity contribution in [1.29, 1.82) is 0 Å². The first-order valence-electron chi connectivity index (χ1n) is 3.93. The summed E-state index contributed by atoms with van der Waals surface area (Å²) in [6.07, 6.45) is 1.99. The molecular weight excluding hydrogens is 230 g/mol. The highest BCUT2D eigenvalue weighted by Crippen LogP contribution is 2.11. The minimum absolute atomic E-state index is 0.0955. The average molecular weight is 240 g/mol. The third-order valence-corrected chi connectivity index (χ3v) is 2.15. The van der Waals surface area contributed by atoms with Crippen LogP contribution in [0.5, 0.6) is 0 Å². The Morgan fingerprint density at radius 3 is 2.62 bits per heavy atom. The Hall–Kier alpha value is -0.960.